The van der Waals surface area contributed by atoms with E-state index in [1.807, 2.05) is 12.1 Å². The molecule has 0 aliphatic carbocycles. The molecule has 44 heavy (non-hydrogen) atoms. The van der Waals surface area contributed by atoms with E-state index in [2.05, 4.69) is 21.3 Å². The molecule has 12 nitrogen and oxygen atoms in total. The number of nitrogens with one attached hydrogen (secondary N) is 4. The predicted octanol–water partition coefficient (Wildman–Crippen LogP) is 3.03. The lowest BCUT2D eigenvalue weighted by Gasteiger charge is -2.26. The summed E-state index contributed by atoms with van der Waals surface area (Å²) in [6, 6.07) is 14.5. The van der Waals surface area contributed by atoms with Crippen molar-refractivity contribution in [1.82, 2.24) is 21.3 Å². The molecule has 4 amide bonds. The summed E-state index contributed by atoms with van der Waals surface area (Å²) < 4.78 is 15.5. The standard InChI is InChI=1S/C32H44N4O8/c1-31(2,3)43-29(40)35-23(18-21-14-10-8-11-15-21)26(37)33-20-25(28(39)42-7)34-27(38)24(19-22-16-12-9-13-17-22)36-30(41)44-32(4,5)6/h8-17,23-25H,18-20H2,1-7H3,(H,33,37)(H,34,38)(H,35,40)(H,36,41)/t23-,24-,25-/m0/s1. The van der Waals surface area contributed by atoms with Crippen LogP contribution in [0.2, 0.25) is 0 Å². The minimum atomic E-state index is -1.31. The number of amides is 4. The number of hydrogen-bond acceptors (Lipinski definition) is 8. The molecule has 12 heteroatoms. The summed E-state index contributed by atoms with van der Waals surface area (Å²) in [6.07, 6.45) is -1.36. The zero-order valence-corrected chi connectivity index (χ0v) is 26.4. The van der Waals surface area contributed by atoms with Crippen LogP contribution in [-0.4, -0.2) is 73.0 Å². The van der Waals surface area contributed by atoms with Crippen molar-refractivity contribution in [2.75, 3.05) is 13.7 Å². The fourth-order valence-corrected chi connectivity index (χ4v) is 3.95. The van der Waals surface area contributed by atoms with E-state index in [4.69, 9.17) is 14.2 Å². The summed E-state index contributed by atoms with van der Waals surface area (Å²) in [5, 5.41) is 10.3. The van der Waals surface area contributed by atoms with Crippen LogP contribution in [0.4, 0.5) is 9.59 Å². The highest BCUT2D eigenvalue weighted by molar-refractivity contribution is 5.91. The molecular weight excluding hydrogens is 568 g/mol. The van der Waals surface area contributed by atoms with Crippen LogP contribution in [0.15, 0.2) is 60.7 Å². The SMILES string of the molecule is COC(=O)[C@H](CNC(=O)[C@H](Cc1ccccc1)NC(=O)OC(C)(C)C)NC(=O)[C@H](Cc1ccccc1)NC(=O)OC(C)(C)C. The first kappa shape index (κ1) is 35.6. The number of carbonyl (C=O) groups is 5. The minimum Gasteiger partial charge on any atom is -0.467 e. The Hall–Kier alpha value is -4.61. The minimum absolute atomic E-state index is 0.102. The van der Waals surface area contributed by atoms with Gasteiger partial charge in [-0.2, -0.15) is 0 Å². The first-order chi connectivity index (χ1) is 20.6. The van der Waals surface area contributed by atoms with Crippen LogP contribution >= 0.6 is 0 Å². The molecule has 0 saturated heterocycles. The predicted molar refractivity (Wildman–Crippen MR) is 164 cm³/mol. The third kappa shape index (κ3) is 13.6. The Morgan fingerprint density at radius 3 is 1.41 bits per heavy atom. The zero-order valence-electron chi connectivity index (χ0n) is 26.4. The smallest absolute Gasteiger partial charge is 0.408 e. The van der Waals surface area contributed by atoms with Crippen molar-refractivity contribution in [2.24, 2.45) is 0 Å². The molecule has 240 valence electrons. The fraction of sp³-hybridized carbons (Fsp3) is 0.469. The molecule has 2 rings (SSSR count). The summed E-state index contributed by atoms with van der Waals surface area (Å²) >= 11 is 0. The molecule has 0 fully saturated rings. The molecule has 2 aromatic carbocycles. The van der Waals surface area contributed by atoms with Crippen molar-refractivity contribution in [3.63, 3.8) is 0 Å². The van der Waals surface area contributed by atoms with E-state index >= 15 is 0 Å². The first-order valence-corrected chi connectivity index (χ1v) is 14.3. The maximum absolute atomic E-state index is 13.4. The van der Waals surface area contributed by atoms with Crippen molar-refractivity contribution in [3.8, 4) is 0 Å². The topological polar surface area (TPSA) is 161 Å². The van der Waals surface area contributed by atoms with Crippen molar-refractivity contribution < 1.29 is 38.2 Å². The summed E-state index contributed by atoms with van der Waals surface area (Å²) in [7, 11) is 1.14. The number of benzene rings is 2. The Balaban J connectivity index is 2.19. The van der Waals surface area contributed by atoms with Crippen LogP contribution < -0.4 is 21.3 Å². The fourth-order valence-electron chi connectivity index (χ4n) is 3.95. The van der Waals surface area contributed by atoms with Gasteiger partial charge in [0.25, 0.3) is 0 Å². The lowest BCUT2D eigenvalue weighted by molar-refractivity contribution is -0.145. The molecule has 4 N–H and O–H groups in total. The highest BCUT2D eigenvalue weighted by Crippen LogP contribution is 2.11. The first-order valence-electron chi connectivity index (χ1n) is 14.3. The van der Waals surface area contributed by atoms with Gasteiger partial charge in [-0.25, -0.2) is 14.4 Å². The van der Waals surface area contributed by atoms with Crippen LogP contribution in [0, 0.1) is 0 Å². The number of methoxy groups -OCH3 is 1. The van der Waals surface area contributed by atoms with Crippen LogP contribution in [-0.2, 0) is 41.4 Å². The number of alkyl carbamates (subject to hydrolysis) is 2. The van der Waals surface area contributed by atoms with E-state index in [1.165, 1.54) is 0 Å². The van der Waals surface area contributed by atoms with Gasteiger partial charge in [-0.3, -0.25) is 9.59 Å². The van der Waals surface area contributed by atoms with Crippen molar-refractivity contribution >= 4 is 30.0 Å². The van der Waals surface area contributed by atoms with E-state index in [-0.39, 0.29) is 19.4 Å². The maximum atomic E-state index is 13.4. The zero-order chi connectivity index (χ0) is 32.9. The van der Waals surface area contributed by atoms with Gasteiger partial charge < -0.3 is 35.5 Å². The Bertz CT molecular complexity index is 1260. The lowest BCUT2D eigenvalue weighted by atomic mass is 10.0. The van der Waals surface area contributed by atoms with E-state index < -0.39 is 59.3 Å². The summed E-state index contributed by atoms with van der Waals surface area (Å²) in [5.41, 5.74) is -0.0654. The molecule has 0 spiro atoms. The monoisotopic (exact) mass is 612 g/mol. The van der Waals surface area contributed by atoms with Gasteiger partial charge in [0.1, 0.15) is 29.3 Å². The molecule has 0 radical (unpaired) electrons. The van der Waals surface area contributed by atoms with Gasteiger partial charge in [0.2, 0.25) is 11.8 Å². The number of rotatable bonds is 12. The number of ether oxygens (including phenoxy) is 3. The average Bonchev–Trinajstić information content (AvgIpc) is 2.93. The molecule has 2 aromatic rings. The third-order valence-electron chi connectivity index (χ3n) is 5.86. The number of hydrogen-bond donors (Lipinski definition) is 4. The molecule has 0 aliphatic heterocycles. The second-order valence-electron chi connectivity index (χ2n) is 12.1. The largest absolute Gasteiger partial charge is 0.467 e. The highest BCUT2D eigenvalue weighted by Gasteiger charge is 2.31. The van der Waals surface area contributed by atoms with Gasteiger partial charge in [-0.1, -0.05) is 60.7 Å². The van der Waals surface area contributed by atoms with Gasteiger partial charge in [0, 0.05) is 19.4 Å². The van der Waals surface area contributed by atoms with E-state index in [1.54, 1.807) is 90.1 Å². The normalized spacial score (nSPS) is 13.3. The molecular formula is C32H44N4O8. The molecule has 0 aliphatic rings. The molecule has 0 bridgehead atoms. The van der Waals surface area contributed by atoms with Crippen LogP contribution in [0.25, 0.3) is 0 Å². The Morgan fingerprint density at radius 1 is 0.614 bits per heavy atom. The van der Waals surface area contributed by atoms with Gasteiger partial charge in [-0.05, 0) is 52.7 Å². The Kier molecular flexibility index (Phi) is 13.2. The average molecular weight is 613 g/mol. The molecule has 0 heterocycles. The van der Waals surface area contributed by atoms with Crippen molar-refractivity contribution in [3.05, 3.63) is 71.8 Å². The molecule has 0 saturated carbocycles. The van der Waals surface area contributed by atoms with Gasteiger partial charge in [-0.15, -0.1) is 0 Å². The van der Waals surface area contributed by atoms with Crippen molar-refractivity contribution in [2.45, 2.75) is 83.7 Å². The number of carbonyl (C=O) groups excluding carboxylic acids is 5. The third-order valence-corrected chi connectivity index (χ3v) is 5.86. The molecule has 0 unspecified atom stereocenters. The van der Waals surface area contributed by atoms with E-state index in [9.17, 15) is 24.0 Å². The maximum Gasteiger partial charge on any atom is 0.408 e. The van der Waals surface area contributed by atoms with Gasteiger partial charge in [0.05, 0.1) is 7.11 Å². The second kappa shape index (κ2) is 16.3. The quantitative estimate of drug-likeness (QED) is 0.210. The second-order valence-corrected chi connectivity index (χ2v) is 12.1. The highest BCUT2D eigenvalue weighted by atomic mass is 16.6. The summed E-state index contributed by atoms with van der Waals surface area (Å²) in [5.74, 6) is -2.14. The molecule has 3 atom stereocenters. The summed E-state index contributed by atoms with van der Waals surface area (Å²) in [4.78, 5) is 64.4. The van der Waals surface area contributed by atoms with Crippen molar-refractivity contribution in [1.29, 1.82) is 0 Å². The van der Waals surface area contributed by atoms with E-state index in [0.717, 1.165) is 18.2 Å². The Labute approximate surface area is 258 Å². The summed E-state index contributed by atoms with van der Waals surface area (Å²) in [6.45, 7) is 9.82. The van der Waals surface area contributed by atoms with Gasteiger partial charge in [0.15, 0.2) is 0 Å². The number of esters is 1. The van der Waals surface area contributed by atoms with Crippen LogP contribution in [0.5, 0.6) is 0 Å². The lowest BCUT2D eigenvalue weighted by Crippen LogP contribution is -2.57. The molecule has 0 aromatic heterocycles. The van der Waals surface area contributed by atoms with Crippen LogP contribution in [0.1, 0.15) is 52.7 Å². The Morgan fingerprint density at radius 2 is 1.02 bits per heavy atom. The van der Waals surface area contributed by atoms with Crippen LogP contribution in [0.3, 0.4) is 0 Å². The van der Waals surface area contributed by atoms with Gasteiger partial charge >= 0.3 is 18.2 Å². The van der Waals surface area contributed by atoms with E-state index in [0.29, 0.717) is 0 Å².